The van der Waals surface area contributed by atoms with Crippen LogP contribution in [0, 0.1) is 11.3 Å². The van der Waals surface area contributed by atoms with Crippen molar-refractivity contribution in [3.05, 3.63) is 232 Å². The molecule has 1 aliphatic heterocycles. The van der Waals surface area contributed by atoms with Crippen LogP contribution in [0.3, 0.4) is 0 Å². The van der Waals surface area contributed by atoms with E-state index in [1.165, 1.54) is 55.6 Å². The highest BCUT2D eigenvalue weighted by atomic mass is 15.1. The average molecular weight is 692 g/mol. The third-order valence-electron chi connectivity index (χ3n) is 11.9. The third kappa shape index (κ3) is 4.63. The zero-order valence-corrected chi connectivity index (χ0v) is 30.2. The lowest BCUT2D eigenvalue weighted by Crippen LogP contribution is -2.40. The lowest BCUT2D eigenvalue weighted by atomic mass is 9.55. The molecule has 54 heavy (non-hydrogen) atoms. The second-order valence-corrected chi connectivity index (χ2v) is 15.0. The molecule has 0 fully saturated rings. The average Bonchev–Trinajstić information content (AvgIpc) is 3.54. The Morgan fingerprint density at radius 1 is 0.519 bits per heavy atom. The Balaban J connectivity index is 1.10. The maximum atomic E-state index is 9.38. The molecule has 1 unspecified atom stereocenters. The second-order valence-electron chi connectivity index (χ2n) is 15.0. The molecule has 0 amide bonds. The van der Waals surface area contributed by atoms with Crippen molar-refractivity contribution in [2.45, 2.75) is 30.8 Å². The van der Waals surface area contributed by atoms with Gasteiger partial charge in [0.25, 0.3) is 0 Å². The maximum absolute atomic E-state index is 9.38. The zero-order valence-electron chi connectivity index (χ0n) is 30.2. The molecular formula is C51H37N3. The Labute approximate surface area is 316 Å². The molecule has 3 aliphatic rings. The van der Waals surface area contributed by atoms with Gasteiger partial charge in [-0.3, -0.25) is 4.99 Å². The fourth-order valence-corrected chi connectivity index (χ4v) is 9.34. The quantitative estimate of drug-likeness (QED) is 0.200. The van der Waals surface area contributed by atoms with Gasteiger partial charge in [0.2, 0.25) is 0 Å². The van der Waals surface area contributed by atoms with E-state index in [-0.39, 0.29) is 11.6 Å². The van der Waals surface area contributed by atoms with Crippen molar-refractivity contribution in [3.63, 3.8) is 0 Å². The number of aliphatic imine (C=N–C) groups is 1. The van der Waals surface area contributed by atoms with Crippen LogP contribution in [0.25, 0.3) is 28.0 Å². The summed E-state index contributed by atoms with van der Waals surface area (Å²) < 4.78 is 0. The van der Waals surface area contributed by atoms with E-state index < -0.39 is 5.41 Å². The van der Waals surface area contributed by atoms with Crippen LogP contribution in [0.2, 0.25) is 0 Å². The van der Waals surface area contributed by atoms with E-state index in [0.29, 0.717) is 5.56 Å². The summed E-state index contributed by atoms with van der Waals surface area (Å²) in [7, 11) is 0. The molecule has 1 spiro atoms. The fraction of sp³-hybridized carbons (Fsp3) is 0.0980. The van der Waals surface area contributed by atoms with Gasteiger partial charge in [0, 0.05) is 11.1 Å². The number of fused-ring (bicyclic) bond motifs is 9. The number of rotatable bonds is 4. The van der Waals surface area contributed by atoms with E-state index >= 15 is 0 Å². The lowest BCUT2D eigenvalue weighted by Gasteiger charge is -2.46. The molecule has 1 atom stereocenters. The summed E-state index contributed by atoms with van der Waals surface area (Å²) in [6.45, 7) is 4.74. The van der Waals surface area contributed by atoms with Crippen LogP contribution < -0.4 is 5.32 Å². The highest BCUT2D eigenvalue weighted by Gasteiger charge is 2.53. The first-order valence-corrected chi connectivity index (χ1v) is 18.6. The van der Waals surface area contributed by atoms with Gasteiger partial charge >= 0.3 is 0 Å². The van der Waals surface area contributed by atoms with E-state index in [0.717, 1.165) is 28.1 Å². The van der Waals surface area contributed by atoms with Gasteiger partial charge in [-0.15, -0.1) is 0 Å². The van der Waals surface area contributed by atoms with Crippen molar-refractivity contribution in [2.75, 3.05) is 0 Å². The second kappa shape index (κ2) is 12.2. The van der Waals surface area contributed by atoms with Crippen LogP contribution in [0.5, 0.6) is 0 Å². The van der Waals surface area contributed by atoms with Gasteiger partial charge < -0.3 is 5.32 Å². The Hall–Kier alpha value is -6.76. The van der Waals surface area contributed by atoms with Crippen molar-refractivity contribution in [3.8, 4) is 28.3 Å². The Morgan fingerprint density at radius 3 is 1.74 bits per heavy atom. The number of benzene rings is 7. The van der Waals surface area contributed by atoms with Crippen molar-refractivity contribution < 1.29 is 0 Å². The van der Waals surface area contributed by atoms with Gasteiger partial charge in [-0.2, -0.15) is 5.26 Å². The summed E-state index contributed by atoms with van der Waals surface area (Å²) in [6.07, 6.45) is 1.85. The topological polar surface area (TPSA) is 48.2 Å². The first kappa shape index (κ1) is 31.9. The van der Waals surface area contributed by atoms with Crippen LogP contribution in [0.4, 0.5) is 0 Å². The summed E-state index contributed by atoms with van der Waals surface area (Å²) >= 11 is 0. The largest absolute Gasteiger partial charge is 0.360 e. The summed E-state index contributed by atoms with van der Waals surface area (Å²) in [6, 6.07) is 63.4. The van der Waals surface area contributed by atoms with E-state index in [1.807, 2.05) is 42.5 Å². The molecule has 3 nitrogen and oxygen atoms in total. The van der Waals surface area contributed by atoms with Gasteiger partial charge in [-0.05, 0) is 90.5 Å². The fourth-order valence-electron chi connectivity index (χ4n) is 9.34. The number of nitrogens with one attached hydrogen (secondary N) is 1. The number of nitriles is 1. The molecule has 0 radical (unpaired) electrons. The van der Waals surface area contributed by atoms with Crippen LogP contribution >= 0.6 is 0 Å². The van der Waals surface area contributed by atoms with E-state index in [4.69, 9.17) is 4.99 Å². The molecule has 7 aromatic carbocycles. The Kier molecular flexibility index (Phi) is 7.19. The Morgan fingerprint density at radius 2 is 1.07 bits per heavy atom. The highest BCUT2D eigenvalue weighted by molar-refractivity contribution is 6.13. The molecule has 1 heterocycles. The van der Waals surface area contributed by atoms with Gasteiger partial charge in [0.1, 0.15) is 6.17 Å². The van der Waals surface area contributed by atoms with Crippen molar-refractivity contribution in [2.24, 2.45) is 4.99 Å². The van der Waals surface area contributed by atoms with Gasteiger partial charge in [-0.1, -0.05) is 172 Å². The molecular weight excluding hydrogens is 655 g/mol. The van der Waals surface area contributed by atoms with Gasteiger partial charge in [0.15, 0.2) is 0 Å². The Bertz CT molecular complexity index is 2660. The molecule has 0 saturated carbocycles. The molecule has 0 saturated heterocycles. The van der Waals surface area contributed by atoms with Crippen LogP contribution in [-0.2, 0) is 10.8 Å². The first-order chi connectivity index (χ1) is 26.5. The van der Waals surface area contributed by atoms with Gasteiger partial charge in [-0.25, -0.2) is 0 Å². The van der Waals surface area contributed by atoms with E-state index in [2.05, 4.69) is 159 Å². The summed E-state index contributed by atoms with van der Waals surface area (Å²) in [5.74, 6) is 0. The molecule has 1 N–H and O–H groups in total. The summed E-state index contributed by atoms with van der Waals surface area (Å²) in [5, 5.41) is 13.1. The third-order valence-corrected chi connectivity index (χ3v) is 11.9. The highest BCUT2D eigenvalue weighted by Crippen LogP contribution is 2.63. The monoisotopic (exact) mass is 691 g/mol. The molecule has 0 aromatic heterocycles. The number of allylic oxidation sites excluding steroid dienone is 1. The van der Waals surface area contributed by atoms with Crippen LogP contribution in [0.15, 0.2) is 181 Å². The van der Waals surface area contributed by atoms with Crippen molar-refractivity contribution in [1.29, 1.82) is 5.26 Å². The standard InChI is InChI=1S/C51H37N3/c1-50(2)41-18-8-10-20-43(41)51(44-21-11-9-19-42(44)50)40-17-7-6-15-39(40)48-38(16-12-22-45(48)51)34-27-29-36(30-28-34)47-31-46(35-13-4-3-5-14-35)53-49(54-47)37-25-23-33(32-52)24-26-37/h3-31,49,54H,1-2H3. The lowest BCUT2D eigenvalue weighted by molar-refractivity contribution is 0.563. The smallest absolute Gasteiger partial charge is 0.145 e. The molecule has 2 aliphatic carbocycles. The molecule has 3 heteroatoms. The molecule has 10 rings (SSSR count). The van der Waals surface area contributed by atoms with Crippen LogP contribution in [0.1, 0.15) is 75.6 Å². The number of nitrogens with zero attached hydrogens (tertiary/aromatic N) is 2. The predicted octanol–water partition coefficient (Wildman–Crippen LogP) is 11.4. The SMILES string of the molecule is CC1(C)c2ccccc2C2(c3ccccc3-c3c(-c4ccc(C5=CC(c6ccccc6)=NC(c6ccc(C#N)cc6)N5)cc4)cccc32)c2ccccc21. The van der Waals surface area contributed by atoms with E-state index in [9.17, 15) is 5.26 Å². The predicted molar refractivity (Wildman–Crippen MR) is 219 cm³/mol. The minimum absolute atomic E-state index is 0.129. The number of hydrogen-bond acceptors (Lipinski definition) is 3. The minimum Gasteiger partial charge on any atom is -0.360 e. The van der Waals surface area contributed by atoms with Crippen molar-refractivity contribution in [1.82, 2.24) is 5.32 Å². The normalized spacial score (nSPS) is 16.8. The molecule has 7 aromatic rings. The number of hydrogen-bond donors (Lipinski definition) is 1. The molecule has 256 valence electrons. The van der Waals surface area contributed by atoms with Gasteiger partial charge in [0.05, 0.1) is 22.8 Å². The van der Waals surface area contributed by atoms with Crippen molar-refractivity contribution >= 4 is 11.4 Å². The minimum atomic E-state index is -0.422. The molecule has 0 bridgehead atoms. The first-order valence-electron chi connectivity index (χ1n) is 18.6. The zero-order chi connectivity index (χ0) is 36.4. The summed E-state index contributed by atoms with van der Waals surface area (Å²) in [5.41, 5.74) is 18.4. The van der Waals surface area contributed by atoms with E-state index in [1.54, 1.807) is 0 Å². The summed E-state index contributed by atoms with van der Waals surface area (Å²) in [4.78, 5) is 5.11. The van der Waals surface area contributed by atoms with Crippen LogP contribution in [-0.4, -0.2) is 5.71 Å². The maximum Gasteiger partial charge on any atom is 0.145 e.